The van der Waals surface area contributed by atoms with Crippen LogP contribution in [0.25, 0.3) is 0 Å². The molecule has 0 saturated heterocycles. The Kier molecular flexibility index (Phi) is 2.68. The first kappa shape index (κ1) is 9.30. The van der Waals surface area contributed by atoms with Crippen molar-refractivity contribution in [2.75, 3.05) is 6.67 Å². The number of alkyl halides is 1. The summed E-state index contributed by atoms with van der Waals surface area (Å²) in [4.78, 5) is 23.5. The third kappa shape index (κ3) is 2.08. The maximum absolute atomic E-state index is 11.8. The van der Waals surface area contributed by atoms with Gasteiger partial charge in [0.25, 0.3) is 0 Å². The minimum absolute atomic E-state index is 0.354. The van der Waals surface area contributed by atoms with Gasteiger partial charge in [-0.1, -0.05) is 4.98 Å². The molecule has 1 aromatic heterocycles. The Morgan fingerprint density at radius 3 is 3.00 bits per heavy atom. The summed E-state index contributed by atoms with van der Waals surface area (Å²) in [6.45, 7) is -1.48. The highest BCUT2D eigenvalue weighted by atomic mass is 19.1. The monoisotopic (exact) mass is 187 g/mol. The molecular formula is C6H6FN3O3. The van der Waals surface area contributed by atoms with Crippen molar-refractivity contribution in [2.45, 2.75) is 6.54 Å². The summed E-state index contributed by atoms with van der Waals surface area (Å²) in [7, 11) is 0. The number of carbonyl (C=O) groups excluding carboxylic acids is 1. The number of aromatic nitrogens is 2. The average molecular weight is 187 g/mol. The van der Waals surface area contributed by atoms with Crippen molar-refractivity contribution in [3.05, 3.63) is 22.5 Å². The van der Waals surface area contributed by atoms with Gasteiger partial charge in [0, 0.05) is 0 Å². The summed E-state index contributed by atoms with van der Waals surface area (Å²) in [5, 5.41) is 10.3. The van der Waals surface area contributed by atoms with Crippen molar-refractivity contribution < 1.29 is 14.1 Å². The molecule has 1 heterocycles. The number of carbonyl (C=O) groups is 1. The van der Waals surface area contributed by atoms with Gasteiger partial charge < -0.3 is 10.1 Å². The van der Waals surface area contributed by atoms with Gasteiger partial charge in [-0.05, 0) is 4.92 Å². The van der Waals surface area contributed by atoms with E-state index in [1.807, 2.05) is 0 Å². The molecule has 1 rings (SSSR count). The van der Waals surface area contributed by atoms with Gasteiger partial charge in [-0.3, -0.25) is 4.79 Å². The normalized spacial score (nSPS) is 9.92. The van der Waals surface area contributed by atoms with E-state index in [4.69, 9.17) is 0 Å². The van der Waals surface area contributed by atoms with Gasteiger partial charge in [-0.2, -0.15) is 0 Å². The fraction of sp³-hybridized carbons (Fsp3) is 0.333. The predicted molar refractivity (Wildman–Crippen MR) is 39.9 cm³/mol. The zero-order valence-corrected chi connectivity index (χ0v) is 6.51. The lowest BCUT2D eigenvalue weighted by molar-refractivity contribution is -0.396. The lowest BCUT2D eigenvalue weighted by atomic mass is 10.4. The first-order valence-corrected chi connectivity index (χ1v) is 3.38. The van der Waals surface area contributed by atoms with Gasteiger partial charge in [0.15, 0.2) is 12.5 Å². The number of ketones is 1. The number of Topliss-reactive ketones (excluding diaryl/α,β-unsaturated/α-hetero) is 1. The molecule has 0 fully saturated rings. The van der Waals surface area contributed by atoms with Crippen molar-refractivity contribution in [2.24, 2.45) is 0 Å². The number of hydrogen-bond acceptors (Lipinski definition) is 4. The first-order chi connectivity index (χ1) is 6.15. The van der Waals surface area contributed by atoms with E-state index in [2.05, 4.69) is 4.98 Å². The minimum Gasteiger partial charge on any atom is -0.390 e. The van der Waals surface area contributed by atoms with Crippen molar-refractivity contribution >= 4 is 11.7 Å². The molecule has 13 heavy (non-hydrogen) atoms. The maximum atomic E-state index is 11.8. The van der Waals surface area contributed by atoms with Crippen LogP contribution in [0.3, 0.4) is 0 Å². The van der Waals surface area contributed by atoms with Crippen LogP contribution in [0.15, 0.2) is 12.4 Å². The molecule has 0 aliphatic rings. The smallest absolute Gasteiger partial charge is 0.390 e. The topological polar surface area (TPSA) is 78.0 Å². The quantitative estimate of drug-likeness (QED) is 0.502. The van der Waals surface area contributed by atoms with E-state index in [1.165, 1.54) is 12.4 Å². The van der Waals surface area contributed by atoms with E-state index in [1.54, 1.807) is 0 Å². The largest absolute Gasteiger partial charge is 0.434 e. The molecule has 0 aromatic carbocycles. The molecule has 1 aromatic rings. The van der Waals surface area contributed by atoms with Gasteiger partial charge in [0.05, 0.1) is 0 Å². The number of rotatable bonds is 4. The van der Waals surface area contributed by atoms with Gasteiger partial charge in [0.1, 0.15) is 18.9 Å². The van der Waals surface area contributed by atoms with E-state index in [9.17, 15) is 19.3 Å². The Bertz CT molecular complexity index is 336. The Hall–Kier alpha value is -1.79. The highest BCUT2D eigenvalue weighted by Crippen LogP contribution is 2.06. The van der Waals surface area contributed by atoms with E-state index in [0.717, 1.165) is 4.57 Å². The lowest BCUT2D eigenvalue weighted by Gasteiger charge is -1.97. The summed E-state index contributed by atoms with van der Waals surface area (Å²) < 4.78 is 12.7. The van der Waals surface area contributed by atoms with Crippen LogP contribution in [0.4, 0.5) is 10.3 Å². The van der Waals surface area contributed by atoms with Crippen LogP contribution < -0.4 is 0 Å². The van der Waals surface area contributed by atoms with E-state index >= 15 is 0 Å². The molecule has 0 radical (unpaired) electrons. The average Bonchev–Trinajstić information content (AvgIpc) is 2.52. The second kappa shape index (κ2) is 3.74. The van der Waals surface area contributed by atoms with E-state index in [-0.39, 0.29) is 6.54 Å². The zero-order chi connectivity index (χ0) is 9.84. The van der Waals surface area contributed by atoms with Crippen molar-refractivity contribution in [3.8, 4) is 0 Å². The van der Waals surface area contributed by atoms with Crippen molar-refractivity contribution in [1.29, 1.82) is 0 Å². The van der Waals surface area contributed by atoms with Crippen LogP contribution in [0.2, 0.25) is 0 Å². The molecular weight excluding hydrogens is 181 g/mol. The Balaban J connectivity index is 2.82. The third-order valence-corrected chi connectivity index (χ3v) is 1.35. The van der Waals surface area contributed by atoms with Crippen molar-refractivity contribution in [3.63, 3.8) is 0 Å². The number of imidazole rings is 1. The number of halogens is 1. The molecule has 70 valence electrons. The molecule has 6 nitrogen and oxygen atoms in total. The Labute approximate surface area is 72.1 Å². The predicted octanol–water partition coefficient (Wildman–Crippen LogP) is 0.330. The molecule has 7 heteroatoms. The zero-order valence-electron chi connectivity index (χ0n) is 6.51. The molecule has 0 spiro atoms. The summed E-state index contributed by atoms with van der Waals surface area (Å²) in [6, 6.07) is 0. The molecule has 0 saturated carbocycles. The van der Waals surface area contributed by atoms with Gasteiger partial charge in [0.2, 0.25) is 0 Å². The van der Waals surface area contributed by atoms with Crippen LogP contribution in [-0.4, -0.2) is 26.9 Å². The lowest BCUT2D eigenvalue weighted by Crippen LogP contribution is -2.12. The highest BCUT2D eigenvalue weighted by Gasteiger charge is 2.16. The minimum atomic E-state index is -1.13. The number of hydrogen-bond donors (Lipinski definition) is 0. The van der Waals surface area contributed by atoms with Crippen LogP contribution in [-0.2, 0) is 11.3 Å². The second-order valence-electron chi connectivity index (χ2n) is 2.28. The Morgan fingerprint density at radius 1 is 1.77 bits per heavy atom. The molecule has 0 aliphatic heterocycles. The molecule has 0 bridgehead atoms. The van der Waals surface area contributed by atoms with Gasteiger partial charge in [-0.25, -0.2) is 8.96 Å². The number of nitro groups is 1. The van der Waals surface area contributed by atoms with Gasteiger partial charge in [-0.15, -0.1) is 0 Å². The molecule has 0 atom stereocenters. The van der Waals surface area contributed by atoms with Crippen LogP contribution in [0.5, 0.6) is 0 Å². The molecule has 0 aliphatic carbocycles. The maximum Gasteiger partial charge on any atom is 0.434 e. The Morgan fingerprint density at radius 2 is 2.46 bits per heavy atom. The van der Waals surface area contributed by atoms with Crippen LogP contribution >= 0.6 is 0 Å². The molecule has 0 N–H and O–H groups in total. The van der Waals surface area contributed by atoms with E-state index < -0.39 is 23.3 Å². The first-order valence-electron chi connectivity index (χ1n) is 3.38. The molecule has 0 amide bonds. The second-order valence-corrected chi connectivity index (χ2v) is 2.28. The standard InChI is InChI=1S/C6H6FN3O3/c7-3-5(11)4-9-2-1-8-6(9)10(12)13/h1-2H,3-4H2. The summed E-state index contributed by atoms with van der Waals surface area (Å²) in [6.07, 6.45) is 2.44. The molecule has 0 unspecified atom stereocenters. The third-order valence-electron chi connectivity index (χ3n) is 1.35. The van der Waals surface area contributed by atoms with Gasteiger partial charge >= 0.3 is 5.95 Å². The fourth-order valence-corrected chi connectivity index (χ4v) is 0.829. The van der Waals surface area contributed by atoms with Crippen LogP contribution in [0.1, 0.15) is 0 Å². The SMILES string of the molecule is O=C(CF)Cn1ccnc1[N+](=O)[O-]. The summed E-state index contributed by atoms with van der Waals surface area (Å²) in [5.41, 5.74) is 0. The number of nitrogens with zero attached hydrogens (tertiary/aromatic N) is 3. The van der Waals surface area contributed by atoms with Crippen molar-refractivity contribution in [1.82, 2.24) is 9.55 Å². The fourth-order valence-electron chi connectivity index (χ4n) is 0.829. The van der Waals surface area contributed by atoms with E-state index in [0.29, 0.717) is 0 Å². The van der Waals surface area contributed by atoms with Crippen LogP contribution in [0, 0.1) is 10.1 Å². The summed E-state index contributed by atoms with van der Waals surface area (Å²) >= 11 is 0. The highest BCUT2D eigenvalue weighted by molar-refractivity contribution is 5.79. The summed E-state index contributed by atoms with van der Waals surface area (Å²) in [5.74, 6) is -1.18.